The number of esters is 1. The predicted octanol–water partition coefficient (Wildman–Crippen LogP) is 1.08. The van der Waals surface area contributed by atoms with Gasteiger partial charge in [0.25, 0.3) is 5.15 Å². The quantitative estimate of drug-likeness (QED) is 0.328. The molecule has 0 amide bonds. The molecule has 14 heavy (non-hydrogen) atoms. The third-order valence-electron chi connectivity index (χ3n) is 1.62. The van der Waals surface area contributed by atoms with Gasteiger partial charge in [0.2, 0.25) is 0 Å². The molecule has 5 heteroatoms. The van der Waals surface area contributed by atoms with Crippen LogP contribution in [-0.4, -0.2) is 12.6 Å². The maximum Gasteiger partial charge on any atom is 0.310 e. The van der Waals surface area contributed by atoms with Crippen LogP contribution in [0.4, 0.5) is 0 Å². The van der Waals surface area contributed by atoms with Gasteiger partial charge in [0.15, 0.2) is 6.20 Å². The molecule has 0 spiro atoms. The number of hydrogen-bond acceptors (Lipinski definition) is 3. The highest BCUT2D eigenvalue weighted by atomic mass is 35.5. The van der Waals surface area contributed by atoms with Gasteiger partial charge in [-0.1, -0.05) is 0 Å². The van der Waals surface area contributed by atoms with E-state index in [-0.39, 0.29) is 17.5 Å². The van der Waals surface area contributed by atoms with Crippen molar-refractivity contribution >= 4 is 17.6 Å². The Balaban J connectivity index is 2.76. The Morgan fingerprint density at radius 2 is 2.43 bits per heavy atom. The number of carbonyl (C=O) groups excluding carboxylic acids is 1. The Labute approximate surface area is 86.6 Å². The zero-order chi connectivity index (χ0) is 10.6. The molecule has 0 bridgehead atoms. The van der Waals surface area contributed by atoms with Crippen molar-refractivity contribution in [2.75, 3.05) is 6.61 Å². The first-order valence-electron chi connectivity index (χ1n) is 4.17. The van der Waals surface area contributed by atoms with Gasteiger partial charge in [-0.15, -0.1) is 0 Å². The summed E-state index contributed by atoms with van der Waals surface area (Å²) >= 11 is 5.68. The van der Waals surface area contributed by atoms with E-state index in [1.807, 2.05) is 0 Å². The number of rotatable bonds is 3. The van der Waals surface area contributed by atoms with E-state index < -0.39 is 0 Å². The van der Waals surface area contributed by atoms with Gasteiger partial charge in [0.1, 0.15) is 0 Å². The van der Waals surface area contributed by atoms with E-state index >= 15 is 0 Å². The van der Waals surface area contributed by atoms with Crippen LogP contribution in [0.2, 0.25) is 5.15 Å². The van der Waals surface area contributed by atoms with Gasteiger partial charge in [-0.2, -0.15) is 4.73 Å². The minimum atomic E-state index is -0.388. The van der Waals surface area contributed by atoms with Crippen molar-refractivity contribution in [2.24, 2.45) is 0 Å². The molecule has 0 unspecified atom stereocenters. The van der Waals surface area contributed by atoms with Crippen molar-refractivity contribution in [3.05, 3.63) is 34.3 Å². The minimum absolute atomic E-state index is 0.0144. The van der Waals surface area contributed by atoms with Gasteiger partial charge >= 0.3 is 5.97 Å². The molecule has 1 aromatic rings. The lowest BCUT2D eigenvalue weighted by molar-refractivity contribution is -0.603. The fourth-order valence-corrected chi connectivity index (χ4v) is 1.20. The molecule has 0 aliphatic carbocycles. The molecule has 76 valence electrons. The first-order chi connectivity index (χ1) is 6.65. The number of aromatic nitrogens is 1. The first kappa shape index (κ1) is 10.8. The van der Waals surface area contributed by atoms with Gasteiger partial charge < -0.3 is 9.94 Å². The normalized spacial score (nSPS) is 9.86. The Morgan fingerprint density at radius 3 is 3.07 bits per heavy atom. The summed E-state index contributed by atoms with van der Waals surface area (Å²) in [6.07, 6.45) is 1.30. The molecule has 0 N–H and O–H groups in total. The lowest BCUT2D eigenvalue weighted by Crippen LogP contribution is -2.28. The maximum atomic E-state index is 11.1. The zero-order valence-corrected chi connectivity index (χ0v) is 8.45. The van der Waals surface area contributed by atoms with Gasteiger partial charge in [0, 0.05) is 11.6 Å². The molecular weight excluding hydrogens is 206 g/mol. The summed E-state index contributed by atoms with van der Waals surface area (Å²) in [6, 6.07) is 3.15. The molecule has 0 atom stereocenters. The van der Waals surface area contributed by atoms with Crippen molar-refractivity contribution in [3.8, 4) is 0 Å². The zero-order valence-electron chi connectivity index (χ0n) is 7.70. The van der Waals surface area contributed by atoms with Crippen LogP contribution in [0.5, 0.6) is 0 Å². The van der Waals surface area contributed by atoms with Crippen molar-refractivity contribution in [1.82, 2.24) is 0 Å². The Morgan fingerprint density at radius 1 is 1.71 bits per heavy atom. The molecule has 0 aromatic carbocycles. The van der Waals surface area contributed by atoms with E-state index in [4.69, 9.17) is 16.3 Å². The number of pyridine rings is 1. The monoisotopic (exact) mass is 215 g/mol. The Kier molecular flexibility index (Phi) is 3.71. The largest absolute Gasteiger partial charge is 0.618 e. The van der Waals surface area contributed by atoms with E-state index in [1.54, 1.807) is 13.0 Å². The Bertz CT molecular complexity index is 341. The van der Waals surface area contributed by atoms with Crippen molar-refractivity contribution < 1.29 is 14.3 Å². The number of hydrogen-bond donors (Lipinski definition) is 0. The third kappa shape index (κ3) is 2.60. The first-order valence-corrected chi connectivity index (χ1v) is 4.55. The van der Waals surface area contributed by atoms with Crippen LogP contribution in [0.3, 0.4) is 0 Å². The van der Waals surface area contributed by atoms with Gasteiger partial charge in [-0.05, 0) is 24.6 Å². The second kappa shape index (κ2) is 4.81. The van der Waals surface area contributed by atoms with E-state index in [9.17, 15) is 10.0 Å². The van der Waals surface area contributed by atoms with Gasteiger partial charge in [-0.3, -0.25) is 4.79 Å². The van der Waals surface area contributed by atoms with E-state index in [0.29, 0.717) is 16.9 Å². The minimum Gasteiger partial charge on any atom is -0.618 e. The number of halogens is 1. The lowest BCUT2D eigenvalue weighted by atomic mass is 10.2. The average Bonchev–Trinajstić information content (AvgIpc) is 2.13. The molecule has 0 saturated heterocycles. The van der Waals surface area contributed by atoms with Crippen molar-refractivity contribution in [1.29, 1.82) is 0 Å². The lowest BCUT2D eigenvalue weighted by Gasteiger charge is -2.04. The summed E-state index contributed by atoms with van der Waals surface area (Å²) < 4.78 is 5.24. The number of carbonyl (C=O) groups is 1. The van der Waals surface area contributed by atoms with Crippen LogP contribution in [-0.2, 0) is 16.0 Å². The SMILES string of the molecule is CCOC(=O)Cc1ccc[n+]([O-])c1Cl. The van der Waals surface area contributed by atoms with Crippen LogP contribution in [0, 0.1) is 5.21 Å². The summed E-state index contributed by atoms with van der Waals surface area (Å²) in [4.78, 5) is 11.1. The molecule has 1 heterocycles. The second-order valence-electron chi connectivity index (χ2n) is 2.63. The molecule has 0 aliphatic heterocycles. The van der Waals surface area contributed by atoms with Crippen molar-refractivity contribution in [2.45, 2.75) is 13.3 Å². The van der Waals surface area contributed by atoms with Crippen LogP contribution in [0.25, 0.3) is 0 Å². The number of nitrogens with zero attached hydrogens (tertiary/aromatic N) is 1. The van der Waals surface area contributed by atoms with E-state index in [2.05, 4.69) is 0 Å². The highest BCUT2D eigenvalue weighted by Crippen LogP contribution is 2.10. The highest BCUT2D eigenvalue weighted by Gasteiger charge is 2.13. The second-order valence-corrected chi connectivity index (χ2v) is 2.99. The summed E-state index contributed by atoms with van der Waals surface area (Å²) in [5.41, 5.74) is 0.475. The summed E-state index contributed by atoms with van der Waals surface area (Å²) in [5.74, 6) is -0.388. The fourth-order valence-electron chi connectivity index (χ4n) is 1.01. The molecule has 4 nitrogen and oxygen atoms in total. The highest BCUT2D eigenvalue weighted by molar-refractivity contribution is 6.29. The van der Waals surface area contributed by atoms with E-state index in [1.165, 1.54) is 12.3 Å². The Hall–Kier alpha value is -1.29. The third-order valence-corrected chi connectivity index (χ3v) is 2.03. The maximum absolute atomic E-state index is 11.1. The van der Waals surface area contributed by atoms with E-state index in [0.717, 1.165) is 0 Å². The molecule has 0 fully saturated rings. The van der Waals surface area contributed by atoms with Crippen LogP contribution in [0.15, 0.2) is 18.3 Å². The van der Waals surface area contributed by atoms with Gasteiger partial charge in [-0.25, -0.2) is 0 Å². The fraction of sp³-hybridized carbons (Fsp3) is 0.333. The molecule has 0 aliphatic rings. The standard InChI is InChI=1S/C9H10ClNO3/c1-2-14-8(12)6-7-4-3-5-11(13)9(7)10/h3-5H,2,6H2,1H3. The predicted molar refractivity (Wildman–Crippen MR) is 50.7 cm³/mol. The number of ether oxygens (including phenoxy) is 1. The van der Waals surface area contributed by atoms with Gasteiger partial charge in [0.05, 0.1) is 13.0 Å². The average molecular weight is 216 g/mol. The van der Waals surface area contributed by atoms with Crippen LogP contribution in [0.1, 0.15) is 12.5 Å². The topological polar surface area (TPSA) is 53.2 Å². The molecular formula is C9H10ClNO3. The molecule has 0 saturated carbocycles. The molecule has 0 radical (unpaired) electrons. The van der Waals surface area contributed by atoms with Crippen LogP contribution >= 0.6 is 11.6 Å². The van der Waals surface area contributed by atoms with Crippen molar-refractivity contribution in [3.63, 3.8) is 0 Å². The smallest absolute Gasteiger partial charge is 0.310 e. The summed E-state index contributed by atoms with van der Waals surface area (Å²) in [5, 5.41) is 11.0. The molecule has 1 aromatic heterocycles. The summed E-state index contributed by atoms with van der Waals surface area (Å²) in [7, 11) is 0. The van der Waals surface area contributed by atoms with Crippen LogP contribution < -0.4 is 4.73 Å². The summed E-state index contributed by atoms with van der Waals surface area (Å²) in [6.45, 7) is 2.04. The molecule has 1 rings (SSSR count).